The van der Waals surface area contributed by atoms with Crippen LogP contribution in [0.4, 0.5) is 0 Å². The number of oxazole rings is 1. The SMILES string of the molecule is CC(=O)N[C@@H](C(=O)N1CCC[C@H]1c1nc2ccc(-c3cnc(-c4cccc5[nH]c([C@@H]6CCCN6C(=O)[C@@H](c6ccccc6)N(C)C)nc45)o3)cc2[nH]1)c1ccccc1. The van der Waals surface area contributed by atoms with Crippen LogP contribution in [0.25, 0.3) is 44.8 Å². The Morgan fingerprint density at radius 3 is 2.12 bits per heavy atom. The summed E-state index contributed by atoms with van der Waals surface area (Å²) in [6.45, 7) is 2.66. The number of aromatic nitrogens is 5. The summed E-state index contributed by atoms with van der Waals surface area (Å²) in [5.74, 6) is 2.11. The normalized spacial score (nSPS) is 18.0. The molecule has 0 radical (unpaired) electrons. The molecule has 0 aliphatic carbocycles. The molecule has 2 aliphatic heterocycles. The first-order chi connectivity index (χ1) is 28.2. The molecule has 0 unspecified atom stereocenters. The standard InChI is InChI=1S/C45H45N9O4/c1-27(55)47-38(28-13-6-4-7-14-28)44(56)53-23-11-19-35(53)41-48-32-22-21-30(25-34(32)50-41)37-26-46-43(58-37)31-17-10-18-33-39(31)51-42(49-33)36-20-12-24-54(36)45(57)40(52(2)3)29-15-8-5-9-16-29/h4-10,13-18,21-22,25-26,35-36,38,40H,11-12,19-20,23-24H2,1-3H3,(H,47,55)(H,48,50)(H,49,51)/t35-,36-,38+,40+/m0/s1. The third-order valence-corrected chi connectivity index (χ3v) is 11.3. The maximum Gasteiger partial charge on any atom is 0.250 e. The van der Waals surface area contributed by atoms with Crippen molar-refractivity contribution < 1.29 is 18.8 Å². The van der Waals surface area contributed by atoms with E-state index in [-0.39, 0.29) is 29.8 Å². The van der Waals surface area contributed by atoms with E-state index < -0.39 is 12.1 Å². The van der Waals surface area contributed by atoms with Crippen molar-refractivity contribution in [1.82, 2.24) is 44.9 Å². The number of carbonyl (C=O) groups is 3. The van der Waals surface area contributed by atoms with Gasteiger partial charge in [-0.3, -0.25) is 19.3 Å². The number of H-pyrrole nitrogens is 2. The van der Waals surface area contributed by atoms with Crippen molar-refractivity contribution in [3.8, 4) is 22.8 Å². The molecule has 4 atom stereocenters. The largest absolute Gasteiger partial charge is 0.436 e. The van der Waals surface area contributed by atoms with E-state index in [4.69, 9.17) is 14.4 Å². The average molecular weight is 776 g/mol. The van der Waals surface area contributed by atoms with Gasteiger partial charge in [-0.05, 0) is 81.2 Å². The number of hydrogen-bond donors (Lipinski definition) is 3. The molecule has 58 heavy (non-hydrogen) atoms. The minimum absolute atomic E-state index is 0.0609. The van der Waals surface area contributed by atoms with Gasteiger partial charge in [0.15, 0.2) is 5.76 Å². The van der Waals surface area contributed by atoms with Crippen LogP contribution in [-0.4, -0.2) is 84.5 Å². The van der Waals surface area contributed by atoms with Crippen molar-refractivity contribution in [2.75, 3.05) is 27.2 Å². The fraction of sp³-hybridized carbons (Fsp3) is 0.289. The number of likely N-dealkylation sites (tertiary alicyclic amines) is 2. The molecule has 2 saturated heterocycles. The van der Waals surface area contributed by atoms with Crippen LogP contribution >= 0.6 is 0 Å². The smallest absolute Gasteiger partial charge is 0.250 e. The summed E-state index contributed by atoms with van der Waals surface area (Å²) in [6, 6.07) is 29.4. The highest BCUT2D eigenvalue weighted by atomic mass is 16.4. The highest BCUT2D eigenvalue weighted by Gasteiger charge is 2.38. The van der Waals surface area contributed by atoms with Crippen LogP contribution in [0, 0.1) is 0 Å². The fourth-order valence-corrected chi connectivity index (χ4v) is 8.64. The van der Waals surface area contributed by atoms with E-state index in [9.17, 15) is 14.4 Å². The molecule has 7 aromatic rings. The summed E-state index contributed by atoms with van der Waals surface area (Å²) in [5.41, 5.74) is 6.43. The topological polar surface area (TPSA) is 156 Å². The molecular formula is C45H45N9O4. The molecule has 13 heteroatoms. The number of amides is 3. The van der Waals surface area contributed by atoms with Crippen LogP contribution < -0.4 is 5.32 Å². The number of rotatable bonds is 10. The van der Waals surface area contributed by atoms with Gasteiger partial charge in [-0.1, -0.05) is 66.7 Å². The van der Waals surface area contributed by atoms with Crippen LogP contribution in [0.3, 0.4) is 0 Å². The van der Waals surface area contributed by atoms with E-state index in [2.05, 4.69) is 20.3 Å². The van der Waals surface area contributed by atoms with Gasteiger partial charge in [0.2, 0.25) is 23.6 Å². The molecule has 13 nitrogen and oxygen atoms in total. The lowest BCUT2D eigenvalue weighted by atomic mass is 10.0. The Bertz CT molecular complexity index is 2610. The van der Waals surface area contributed by atoms with Crippen molar-refractivity contribution in [2.45, 2.75) is 56.8 Å². The third kappa shape index (κ3) is 6.91. The molecule has 3 N–H and O–H groups in total. The van der Waals surface area contributed by atoms with Gasteiger partial charge >= 0.3 is 0 Å². The summed E-state index contributed by atoms with van der Waals surface area (Å²) >= 11 is 0. The van der Waals surface area contributed by atoms with Crippen molar-refractivity contribution in [1.29, 1.82) is 0 Å². The molecule has 0 saturated carbocycles. The summed E-state index contributed by atoms with van der Waals surface area (Å²) in [4.78, 5) is 67.6. The third-order valence-electron chi connectivity index (χ3n) is 11.3. The van der Waals surface area contributed by atoms with E-state index in [1.165, 1.54) is 6.92 Å². The first-order valence-electron chi connectivity index (χ1n) is 19.8. The molecule has 2 aliphatic rings. The molecule has 0 spiro atoms. The number of nitrogens with zero attached hydrogens (tertiary/aromatic N) is 6. The van der Waals surface area contributed by atoms with Crippen LogP contribution in [0.15, 0.2) is 108 Å². The maximum absolute atomic E-state index is 14.1. The lowest BCUT2D eigenvalue weighted by Crippen LogP contribution is -2.42. The summed E-state index contributed by atoms with van der Waals surface area (Å²) in [7, 11) is 3.88. The van der Waals surface area contributed by atoms with E-state index >= 15 is 0 Å². The van der Waals surface area contributed by atoms with Crippen molar-refractivity contribution >= 4 is 39.8 Å². The lowest BCUT2D eigenvalue weighted by Gasteiger charge is -2.31. The lowest BCUT2D eigenvalue weighted by molar-refractivity contribution is -0.137. The zero-order valence-electron chi connectivity index (χ0n) is 32.7. The van der Waals surface area contributed by atoms with Gasteiger partial charge < -0.3 is 29.5 Å². The van der Waals surface area contributed by atoms with Crippen LogP contribution in [0.1, 0.15) is 79.6 Å². The number of carbonyl (C=O) groups excluding carboxylic acids is 3. The Balaban J connectivity index is 0.958. The first-order valence-corrected chi connectivity index (χ1v) is 19.8. The number of nitrogens with one attached hydrogen (secondary N) is 3. The average Bonchev–Trinajstić information content (AvgIpc) is 4.09. The molecule has 2 fully saturated rings. The van der Waals surface area contributed by atoms with Gasteiger partial charge in [0.25, 0.3) is 0 Å². The van der Waals surface area contributed by atoms with Crippen LogP contribution in [0.5, 0.6) is 0 Å². The van der Waals surface area contributed by atoms with E-state index in [1.54, 1.807) is 6.20 Å². The maximum atomic E-state index is 14.1. The minimum Gasteiger partial charge on any atom is -0.436 e. The number of likely N-dealkylation sites (N-methyl/N-ethyl adjacent to an activating group) is 1. The van der Waals surface area contributed by atoms with Gasteiger partial charge in [-0.25, -0.2) is 15.0 Å². The number of benzene rings is 4. The number of imidazole rings is 2. The quantitative estimate of drug-likeness (QED) is 0.131. The molecule has 4 aromatic carbocycles. The summed E-state index contributed by atoms with van der Waals surface area (Å²) < 4.78 is 6.41. The Labute approximate surface area is 335 Å². The van der Waals surface area contributed by atoms with E-state index in [0.717, 1.165) is 75.8 Å². The van der Waals surface area contributed by atoms with Gasteiger partial charge in [-0.2, -0.15) is 0 Å². The van der Waals surface area contributed by atoms with Crippen molar-refractivity contribution in [3.05, 3.63) is 126 Å². The van der Waals surface area contributed by atoms with Crippen molar-refractivity contribution in [3.63, 3.8) is 0 Å². The molecule has 9 rings (SSSR count). The highest BCUT2D eigenvalue weighted by molar-refractivity contribution is 5.91. The highest BCUT2D eigenvalue weighted by Crippen LogP contribution is 2.38. The Hall–Kier alpha value is -6.60. The zero-order chi connectivity index (χ0) is 39.9. The second-order valence-corrected chi connectivity index (χ2v) is 15.4. The molecule has 5 heterocycles. The predicted octanol–water partition coefficient (Wildman–Crippen LogP) is 7.27. The molecular weight excluding hydrogens is 731 g/mol. The first kappa shape index (κ1) is 37.0. The van der Waals surface area contributed by atoms with Gasteiger partial charge in [0.05, 0.1) is 40.4 Å². The molecule has 0 bridgehead atoms. The zero-order valence-corrected chi connectivity index (χ0v) is 32.7. The summed E-state index contributed by atoms with van der Waals surface area (Å²) in [6.07, 6.45) is 5.01. The molecule has 3 aromatic heterocycles. The second kappa shape index (κ2) is 15.4. The number of aromatic amines is 2. The molecule has 294 valence electrons. The van der Waals surface area contributed by atoms with Crippen LogP contribution in [0.2, 0.25) is 0 Å². The number of fused-ring (bicyclic) bond motifs is 2. The Morgan fingerprint density at radius 2 is 1.43 bits per heavy atom. The Morgan fingerprint density at radius 1 is 0.776 bits per heavy atom. The summed E-state index contributed by atoms with van der Waals surface area (Å²) in [5, 5.41) is 2.85. The number of para-hydroxylation sites is 1. The van der Waals surface area contributed by atoms with E-state index in [0.29, 0.717) is 30.6 Å². The van der Waals surface area contributed by atoms with Gasteiger partial charge in [0.1, 0.15) is 29.2 Å². The number of hydrogen-bond acceptors (Lipinski definition) is 8. The van der Waals surface area contributed by atoms with Crippen LogP contribution in [-0.2, 0) is 14.4 Å². The Kier molecular flexibility index (Phi) is 9.82. The predicted molar refractivity (Wildman–Crippen MR) is 220 cm³/mol. The monoisotopic (exact) mass is 775 g/mol. The second-order valence-electron chi connectivity index (χ2n) is 15.4. The fourth-order valence-electron chi connectivity index (χ4n) is 8.64. The molecule has 3 amide bonds. The van der Waals surface area contributed by atoms with Gasteiger partial charge in [-0.15, -0.1) is 0 Å². The van der Waals surface area contributed by atoms with Crippen molar-refractivity contribution in [2.24, 2.45) is 0 Å². The van der Waals surface area contributed by atoms with E-state index in [1.807, 2.05) is 126 Å². The van der Waals surface area contributed by atoms with Gasteiger partial charge in [0, 0.05) is 25.6 Å². The minimum atomic E-state index is -0.780.